The van der Waals surface area contributed by atoms with E-state index in [4.69, 9.17) is 0 Å². The van der Waals surface area contributed by atoms with E-state index in [-0.39, 0.29) is 0 Å². The topological polar surface area (TPSA) is 33.1 Å². The molecule has 0 aliphatic rings. The van der Waals surface area contributed by atoms with Gasteiger partial charge in [-0.05, 0) is 47.0 Å². The lowest BCUT2D eigenvalue weighted by atomic mass is 9.97. The molecule has 18 heavy (non-hydrogen) atoms. The molecule has 1 aromatic carbocycles. The Labute approximate surface area is 116 Å². The average molecular weight is 306 g/mol. The maximum atomic E-state index is 10.3. The molecule has 2 aromatic rings. The molecular formula is C15H16BrNO. The van der Waals surface area contributed by atoms with Crippen LogP contribution in [0, 0.1) is 13.8 Å². The highest BCUT2D eigenvalue weighted by Crippen LogP contribution is 2.22. The number of rotatable bonds is 3. The number of aryl methyl sites for hydroxylation is 2. The molecule has 0 aliphatic carbocycles. The Morgan fingerprint density at radius 2 is 2.00 bits per heavy atom. The van der Waals surface area contributed by atoms with Crippen LogP contribution in [0.4, 0.5) is 0 Å². The molecule has 0 saturated carbocycles. The maximum Gasteiger partial charge on any atom is 0.0845 e. The second-order valence-electron chi connectivity index (χ2n) is 4.59. The van der Waals surface area contributed by atoms with Gasteiger partial charge < -0.3 is 5.11 Å². The van der Waals surface area contributed by atoms with Crippen LogP contribution < -0.4 is 0 Å². The van der Waals surface area contributed by atoms with Gasteiger partial charge in [0, 0.05) is 28.9 Å². The van der Waals surface area contributed by atoms with Crippen LogP contribution >= 0.6 is 15.9 Å². The fourth-order valence-electron chi connectivity index (χ4n) is 1.96. The van der Waals surface area contributed by atoms with Gasteiger partial charge in [0.05, 0.1) is 6.10 Å². The molecule has 1 N–H and O–H groups in total. The number of benzene rings is 1. The van der Waals surface area contributed by atoms with Gasteiger partial charge in [-0.3, -0.25) is 4.98 Å². The Balaban J connectivity index is 2.21. The Morgan fingerprint density at radius 3 is 2.72 bits per heavy atom. The van der Waals surface area contributed by atoms with Crippen molar-refractivity contribution in [3.63, 3.8) is 0 Å². The van der Waals surface area contributed by atoms with Crippen LogP contribution in [0.5, 0.6) is 0 Å². The zero-order valence-electron chi connectivity index (χ0n) is 10.5. The minimum atomic E-state index is -0.518. The first kappa shape index (κ1) is 13.2. The van der Waals surface area contributed by atoms with E-state index < -0.39 is 6.10 Å². The number of nitrogens with zero attached hydrogens (tertiary/aromatic N) is 1. The summed E-state index contributed by atoms with van der Waals surface area (Å²) >= 11 is 3.37. The van der Waals surface area contributed by atoms with Crippen molar-refractivity contribution in [2.24, 2.45) is 0 Å². The molecule has 0 saturated heterocycles. The van der Waals surface area contributed by atoms with Crippen molar-refractivity contribution in [1.29, 1.82) is 0 Å². The van der Waals surface area contributed by atoms with Gasteiger partial charge in [0.15, 0.2) is 0 Å². The summed E-state index contributed by atoms with van der Waals surface area (Å²) in [5.41, 5.74) is 4.45. The van der Waals surface area contributed by atoms with E-state index in [1.165, 1.54) is 16.7 Å². The third kappa shape index (κ3) is 3.18. The largest absolute Gasteiger partial charge is 0.388 e. The summed E-state index contributed by atoms with van der Waals surface area (Å²) in [4.78, 5) is 4.08. The first-order chi connectivity index (χ1) is 8.56. The van der Waals surface area contributed by atoms with E-state index in [1.54, 1.807) is 12.4 Å². The zero-order valence-corrected chi connectivity index (χ0v) is 12.1. The summed E-state index contributed by atoms with van der Waals surface area (Å²) in [5, 5.41) is 10.3. The molecule has 1 heterocycles. The number of halogens is 1. The summed E-state index contributed by atoms with van der Waals surface area (Å²) in [6.45, 7) is 4.14. The van der Waals surface area contributed by atoms with E-state index in [0.717, 1.165) is 10.0 Å². The highest BCUT2D eigenvalue weighted by atomic mass is 79.9. The fraction of sp³-hybridized carbons (Fsp3) is 0.267. The number of aromatic nitrogens is 1. The van der Waals surface area contributed by atoms with Gasteiger partial charge in [-0.1, -0.05) is 23.8 Å². The van der Waals surface area contributed by atoms with Crippen LogP contribution in [0.15, 0.2) is 41.1 Å². The van der Waals surface area contributed by atoms with Gasteiger partial charge >= 0.3 is 0 Å². The summed E-state index contributed by atoms with van der Waals surface area (Å²) in [7, 11) is 0. The van der Waals surface area contributed by atoms with Gasteiger partial charge in [-0.25, -0.2) is 0 Å². The second-order valence-corrected chi connectivity index (χ2v) is 5.50. The Morgan fingerprint density at radius 1 is 1.22 bits per heavy atom. The monoisotopic (exact) mass is 305 g/mol. The molecule has 3 heteroatoms. The van der Waals surface area contributed by atoms with E-state index >= 15 is 0 Å². The number of hydrogen-bond acceptors (Lipinski definition) is 2. The summed E-state index contributed by atoms with van der Waals surface area (Å²) in [5.74, 6) is 0. The van der Waals surface area contributed by atoms with E-state index in [2.05, 4.69) is 53.0 Å². The van der Waals surface area contributed by atoms with Crippen molar-refractivity contribution in [2.75, 3.05) is 0 Å². The second kappa shape index (κ2) is 5.63. The minimum Gasteiger partial charge on any atom is -0.388 e. The molecule has 0 spiro atoms. The molecular weight excluding hydrogens is 290 g/mol. The summed E-state index contributed by atoms with van der Waals surface area (Å²) < 4.78 is 0.889. The van der Waals surface area contributed by atoms with Crippen molar-refractivity contribution >= 4 is 15.9 Å². The Bertz CT molecular complexity index is 554. The van der Waals surface area contributed by atoms with Crippen molar-refractivity contribution in [3.8, 4) is 0 Å². The predicted molar refractivity (Wildman–Crippen MR) is 76.5 cm³/mol. The number of aliphatic hydroxyl groups is 1. The Hall–Kier alpha value is -1.19. The smallest absolute Gasteiger partial charge is 0.0845 e. The van der Waals surface area contributed by atoms with Gasteiger partial charge in [0.25, 0.3) is 0 Å². The molecule has 0 radical (unpaired) electrons. The van der Waals surface area contributed by atoms with Crippen LogP contribution in [0.2, 0.25) is 0 Å². The quantitative estimate of drug-likeness (QED) is 0.937. The standard InChI is InChI=1S/C15H16BrNO/c1-10-3-4-11(2)12(5-10)7-15(18)13-6-14(16)9-17-8-13/h3-6,8-9,15,18H,7H2,1-2H3. The van der Waals surface area contributed by atoms with Crippen molar-refractivity contribution in [1.82, 2.24) is 4.98 Å². The van der Waals surface area contributed by atoms with E-state index in [9.17, 15) is 5.11 Å². The lowest BCUT2D eigenvalue weighted by Crippen LogP contribution is -2.04. The lowest BCUT2D eigenvalue weighted by molar-refractivity contribution is 0.178. The van der Waals surface area contributed by atoms with Crippen molar-refractivity contribution < 1.29 is 5.11 Å². The average Bonchev–Trinajstić information content (AvgIpc) is 2.34. The van der Waals surface area contributed by atoms with Gasteiger partial charge in [0.2, 0.25) is 0 Å². The molecule has 2 nitrogen and oxygen atoms in total. The molecule has 0 fully saturated rings. The number of pyridine rings is 1. The van der Waals surface area contributed by atoms with E-state index in [1.807, 2.05) is 6.07 Å². The SMILES string of the molecule is Cc1ccc(C)c(CC(O)c2cncc(Br)c2)c1. The molecule has 2 rings (SSSR count). The third-order valence-electron chi connectivity index (χ3n) is 3.03. The van der Waals surface area contributed by atoms with Gasteiger partial charge in [0.1, 0.15) is 0 Å². The maximum absolute atomic E-state index is 10.3. The third-order valence-corrected chi connectivity index (χ3v) is 3.46. The van der Waals surface area contributed by atoms with Crippen LogP contribution in [-0.2, 0) is 6.42 Å². The number of aliphatic hydroxyl groups excluding tert-OH is 1. The predicted octanol–water partition coefficient (Wildman–Crippen LogP) is 3.74. The molecule has 1 atom stereocenters. The zero-order chi connectivity index (χ0) is 13.1. The molecule has 0 aliphatic heterocycles. The van der Waals surface area contributed by atoms with Gasteiger partial charge in [-0.2, -0.15) is 0 Å². The van der Waals surface area contributed by atoms with Crippen molar-refractivity contribution in [3.05, 3.63) is 63.4 Å². The van der Waals surface area contributed by atoms with E-state index in [0.29, 0.717) is 6.42 Å². The van der Waals surface area contributed by atoms with Crippen LogP contribution in [0.3, 0.4) is 0 Å². The normalized spacial score (nSPS) is 12.4. The highest BCUT2D eigenvalue weighted by molar-refractivity contribution is 9.10. The van der Waals surface area contributed by atoms with Gasteiger partial charge in [-0.15, -0.1) is 0 Å². The van der Waals surface area contributed by atoms with Crippen molar-refractivity contribution in [2.45, 2.75) is 26.4 Å². The van der Waals surface area contributed by atoms with Crippen LogP contribution in [0.25, 0.3) is 0 Å². The molecule has 0 bridgehead atoms. The molecule has 1 unspecified atom stereocenters. The molecule has 94 valence electrons. The summed E-state index contributed by atoms with van der Waals surface area (Å²) in [6.07, 6.45) is 3.52. The summed E-state index contributed by atoms with van der Waals surface area (Å²) in [6, 6.07) is 8.22. The Kier molecular flexibility index (Phi) is 4.15. The molecule has 1 aromatic heterocycles. The molecule has 0 amide bonds. The lowest BCUT2D eigenvalue weighted by Gasteiger charge is -2.13. The van der Waals surface area contributed by atoms with Crippen LogP contribution in [-0.4, -0.2) is 10.1 Å². The first-order valence-electron chi connectivity index (χ1n) is 5.91. The van der Waals surface area contributed by atoms with Crippen LogP contribution in [0.1, 0.15) is 28.4 Å². The first-order valence-corrected chi connectivity index (χ1v) is 6.70. The number of hydrogen-bond donors (Lipinski definition) is 1. The highest BCUT2D eigenvalue weighted by Gasteiger charge is 2.11. The minimum absolute atomic E-state index is 0.518. The fourth-order valence-corrected chi connectivity index (χ4v) is 2.34.